The van der Waals surface area contributed by atoms with Crippen LogP contribution < -0.4 is 10.6 Å². The molecule has 0 spiro atoms. The van der Waals surface area contributed by atoms with Crippen molar-refractivity contribution in [2.24, 2.45) is 0 Å². The summed E-state index contributed by atoms with van der Waals surface area (Å²) in [7, 11) is 1.79. The number of alkyl carbamates (subject to hydrolysis) is 1. The summed E-state index contributed by atoms with van der Waals surface area (Å²) in [5.74, 6) is -0.519. The zero-order valence-corrected chi connectivity index (χ0v) is 20.1. The van der Waals surface area contributed by atoms with Crippen LogP contribution in [-0.4, -0.2) is 51.2 Å². The van der Waals surface area contributed by atoms with E-state index in [1.165, 1.54) is 0 Å². The number of thiocarbonyl (C=S) groups is 1. The summed E-state index contributed by atoms with van der Waals surface area (Å²) < 4.78 is 13.2. The molecule has 3 atom stereocenters. The van der Waals surface area contributed by atoms with Gasteiger partial charge in [0, 0.05) is 25.6 Å². The Balaban J connectivity index is 1.86. The first-order chi connectivity index (χ1) is 15.1. The van der Waals surface area contributed by atoms with Gasteiger partial charge in [-0.05, 0) is 58.6 Å². The van der Waals surface area contributed by atoms with Gasteiger partial charge in [0.05, 0.1) is 10.4 Å². The number of hydrogen-bond donors (Lipinski definition) is 2. The van der Waals surface area contributed by atoms with Crippen LogP contribution in [0.4, 0.5) is 4.79 Å². The van der Waals surface area contributed by atoms with E-state index in [-0.39, 0.29) is 0 Å². The number of likely N-dealkylation sites (N-methyl/N-ethyl adjacent to an activating group) is 1. The molecule has 1 amide bonds. The van der Waals surface area contributed by atoms with E-state index in [1.807, 2.05) is 28.9 Å². The minimum Gasteiger partial charge on any atom is -0.459 e. The molecule has 0 aliphatic heterocycles. The molecule has 2 heterocycles. The zero-order chi connectivity index (χ0) is 23.5. The zero-order valence-electron chi connectivity index (χ0n) is 19.3. The number of carbonyl (C=O) groups is 2. The van der Waals surface area contributed by atoms with E-state index in [2.05, 4.69) is 15.6 Å². The Kier molecular flexibility index (Phi) is 7.07. The van der Waals surface area contributed by atoms with Crippen molar-refractivity contribution in [3.8, 4) is 0 Å². The Bertz CT molecular complexity index is 999. The van der Waals surface area contributed by atoms with Crippen molar-refractivity contribution in [2.75, 3.05) is 7.05 Å². The predicted octanol–water partition coefficient (Wildman–Crippen LogP) is 3.52. The average Bonchev–Trinajstić information content (AvgIpc) is 3.20. The molecule has 8 nitrogen and oxygen atoms in total. The van der Waals surface area contributed by atoms with Gasteiger partial charge in [0.25, 0.3) is 0 Å². The number of amides is 1. The lowest BCUT2D eigenvalue weighted by Crippen LogP contribution is -2.55. The highest BCUT2D eigenvalue weighted by atomic mass is 32.1. The van der Waals surface area contributed by atoms with Gasteiger partial charge >= 0.3 is 12.1 Å². The molecule has 32 heavy (non-hydrogen) atoms. The van der Waals surface area contributed by atoms with Gasteiger partial charge in [0.15, 0.2) is 0 Å². The fraction of sp³-hybridized carbons (Fsp3) is 0.565. The van der Waals surface area contributed by atoms with E-state index < -0.39 is 35.2 Å². The van der Waals surface area contributed by atoms with E-state index in [9.17, 15) is 9.59 Å². The maximum atomic E-state index is 12.9. The molecule has 2 N–H and O–H groups in total. The van der Waals surface area contributed by atoms with Gasteiger partial charge < -0.3 is 24.5 Å². The van der Waals surface area contributed by atoms with Crippen LogP contribution in [0.1, 0.15) is 58.9 Å². The van der Waals surface area contributed by atoms with Crippen LogP contribution in [0.2, 0.25) is 0 Å². The van der Waals surface area contributed by atoms with Crippen molar-refractivity contribution in [3.05, 3.63) is 36.3 Å². The number of rotatable bonds is 5. The largest absolute Gasteiger partial charge is 0.459 e. The van der Waals surface area contributed by atoms with Gasteiger partial charge in [0.1, 0.15) is 23.4 Å². The number of carbonyl (C=O) groups excluding carboxylic acids is 2. The number of ether oxygens (including phenoxy) is 2. The van der Waals surface area contributed by atoms with Crippen LogP contribution in [0, 0.1) is 0 Å². The summed E-state index contributed by atoms with van der Waals surface area (Å²) in [6.07, 6.45) is 7.81. The highest BCUT2D eigenvalue weighted by molar-refractivity contribution is 7.80. The van der Waals surface area contributed by atoms with Gasteiger partial charge in [-0.15, -0.1) is 0 Å². The summed E-state index contributed by atoms with van der Waals surface area (Å²) in [6.45, 7) is 6.88. The Labute approximate surface area is 194 Å². The van der Waals surface area contributed by atoms with Crippen LogP contribution in [-0.2, 0) is 19.7 Å². The minimum atomic E-state index is -0.858. The summed E-state index contributed by atoms with van der Waals surface area (Å²) in [5, 5.41) is 5.69. The Morgan fingerprint density at radius 2 is 2.06 bits per heavy atom. The normalized spacial score (nSPS) is 22.1. The second kappa shape index (κ2) is 9.44. The standard InChI is InChI=1S/C23H32N4O4S/c1-15(26-21(29)31-22(2,3)4)19(28)30-17-8-6-7-11-23(17,20(32)24-5)16-9-10-18-25-12-13-27(18)14-16/h9-10,12-15,17H,6-8,11H2,1-5H3,(H,24,32)(H,26,29)/t15-,17?,23?/m0/s1. The Hall–Kier alpha value is -2.68. The Morgan fingerprint density at radius 3 is 2.75 bits per heavy atom. The number of esters is 1. The van der Waals surface area contributed by atoms with E-state index in [0.29, 0.717) is 11.4 Å². The van der Waals surface area contributed by atoms with E-state index in [1.54, 1.807) is 40.9 Å². The molecule has 174 valence electrons. The van der Waals surface area contributed by atoms with Gasteiger partial charge in [-0.25, -0.2) is 14.6 Å². The molecular weight excluding hydrogens is 428 g/mol. The SMILES string of the molecule is CNC(=S)C1(c2ccc3nccn3c2)CCCCC1OC(=O)[C@H](C)NC(=O)OC(C)(C)C. The second-order valence-electron chi connectivity index (χ2n) is 9.20. The third-order valence-corrected chi connectivity index (χ3v) is 6.29. The fourth-order valence-corrected chi connectivity index (χ4v) is 4.57. The van der Waals surface area contributed by atoms with Crippen LogP contribution in [0.25, 0.3) is 5.65 Å². The molecule has 2 aromatic heterocycles. The maximum absolute atomic E-state index is 12.9. The van der Waals surface area contributed by atoms with Crippen LogP contribution in [0.15, 0.2) is 30.7 Å². The smallest absolute Gasteiger partial charge is 0.408 e. The first-order valence-corrected chi connectivity index (χ1v) is 11.3. The summed E-state index contributed by atoms with van der Waals surface area (Å²) in [5.41, 5.74) is 0.477. The average molecular weight is 461 g/mol. The van der Waals surface area contributed by atoms with Gasteiger partial charge in [-0.3, -0.25) is 0 Å². The molecule has 1 fully saturated rings. The van der Waals surface area contributed by atoms with Crippen molar-refractivity contribution in [1.82, 2.24) is 20.0 Å². The maximum Gasteiger partial charge on any atom is 0.408 e. The van der Waals surface area contributed by atoms with Crippen molar-refractivity contribution in [2.45, 2.75) is 76.5 Å². The summed E-state index contributed by atoms with van der Waals surface area (Å²) in [6, 6.07) is 3.08. The molecule has 1 aliphatic rings. The molecule has 2 unspecified atom stereocenters. The first-order valence-electron chi connectivity index (χ1n) is 10.9. The fourth-order valence-electron chi connectivity index (χ4n) is 4.21. The summed E-state index contributed by atoms with van der Waals surface area (Å²) >= 11 is 5.78. The van der Waals surface area contributed by atoms with E-state index >= 15 is 0 Å². The molecule has 0 aromatic carbocycles. The quantitative estimate of drug-likeness (QED) is 0.521. The molecule has 1 saturated carbocycles. The molecule has 0 bridgehead atoms. The Morgan fingerprint density at radius 1 is 1.31 bits per heavy atom. The van der Waals surface area contributed by atoms with Crippen molar-refractivity contribution in [3.63, 3.8) is 0 Å². The third-order valence-electron chi connectivity index (χ3n) is 5.72. The van der Waals surface area contributed by atoms with Gasteiger partial charge in [-0.1, -0.05) is 24.7 Å². The van der Waals surface area contributed by atoms with Crippen LogP contribution in [0.3, 0.4) is 0 Å². The summed E-state index contributed by atoms with van der Waals surface area (Å²) in [4.78, 5) is 30.0. The molecular formula is C23H32N4O4S. The molecule has 0 radical (unpaired) electrons. The number of hydrogen-bond acceptors (Lipinski definition) is 6. The van der Waals surface area contributed by atoms with E-state index in [0.717, 1.165) is 30.5 Å². The molecule has 3 rings (SSSR count). The van der Waals surface area contributed by atoms with Crippen LogP contribution >= 0.6 is 12.2 Å². The lowest BCUT2D eigenvalue weighted by molar-refractivity contribution is -0.155. The third kappa shape index (κ3) is 5.03. The first kappa shape index (κ1) is 24.0. The second-order valence-corrected chi connectivity index (χ2v) is 9.61. The molecule has 9 heteroatoms. The number of nitrogens with zero attached hydrogens (tertiary/aromatic N) is 2. The van der Waals surface area contributed by atoms with Crippen molar-refractivity contribution < 1.29 is 19.1 Å². The predicted molar refractivity (Wildman–Crippen MR) is 126 cm³/mol. The van der Waals surface area contributed by atoms with Crippen molar-refractivity contribution in [1.29, 1.82) is 0 Å². The number of fused-ring (bicyclic) bond motifs is 1. The number of imidazole rings is 1. The number of aromatic nitrogens is 2. The van der Waals surface area contributed by atoms with Gasteiger partial charge in [0.2, 0.25) is 0 Å². The van der Waals surface area contributed by atoms with E-state index in [4.69, 9.17) is 21.7 Å². The van der Waals surface area contributed by atoms with Crippen LogP contribution in [0.5, 0.6) is 0 Å². The lowest BCUT2D eigenvalue weighted by atomic mass is 9.67. The van der Waals surface area contributed by atoms with Gasteiger partial charge in [-0.2, -0.15) is 0 Å². The number of pyridine rings is 1. The molecule has 2 aromatic rings. The minimum absolute atomic E-state index is 0.465. The molecule has 1 aliphatic carbocycles. The number of nitrogens with one attached hydrogen (secondary N) is 2. The lowest BCUT2D eigenvalue weighted by Gasteiger charge is -2.44. The highest BCUT2D eigenvalue weighted by Gasteiger charge is 2.48. The molecule has 0 saturated heterocycles. The highest BCUT2D eigenvalue weighted by Crippen LogP contribution is 2.42. The topological polar surface area (TPSA) is 94.0 Å². The van der Waals surface area contributed by atoms with Crippen molar-refractivity contribution >= 4 is 34.9 Å². The monoisotopic (exact) mass is 460 g/mol.